The standard InChI is InChI=1S/C17H18N4O4/c1-17(2,3)25-15(22)10-6-5-7-11(8-10)21-14(16(23)24-4)13(19)12(9-18)20-21/h5-8H,19H2,1-4H3. The Morgan fingerprint density at radius 1 is 1.28 bits per heavy atom. The summed E-state index contributed by atoms with van der Waals surface area (Å²) in [5.41, 5.74) is 5.54. The van der Waals surface area contributed by atoms with Crippen LogP contribution in [0.25, 0.3) is 5.69 Å². The zero-order valence-electron chi connectivity index (χ0n) is 14.4. The smallest absolute Gasteiger partial charge is 0.359 e. The molecular formula is C17H18N4O4. The molecule has 0 unspecified atom stereocenters. The summed E-state index contributed by atoms with van der Waals surface area (Å²) in [5, 5.41) is 13.1. The predicted molar refractivity (Wildman–Crippen MR) is 89.2 cm³/mol. The molecule has 0 amide bonds. The number of carbonyl (C=O) groups excluding carboxylic acids is 2. The number of nitrogens with zero attached hydrogens (tertiary/aromatic N) is 3. The summed E-state index contributed by atoms with van der Waals surface area (Å²) in [6.07, 6.45) is 0. The molecule has 0 radical (unpaired) electrons. The lowest BCUT2D eigenvalue weighted by molar-refractivity contribution is 0.00693. The third-order valence-electron chi connectivity index (χ3n) is 3.13. The van der Waals surface area contributed by atoms with Gasteiger partial charge in [-0.05, 0) is 39.0 Å². The fourth-order valence-electron chi connectivity index (χ4n) is 2.09. The second-order valence-corrected chi connectivity index (χ2v) is 6.18. The molecule has 0 spiro atoms. The van der Waals surface area contributed by atoms with Gasteiger partial charge in [-0.1, -0.05) is 6.07 Å². The van der Waals surface area contributed by atoms with Crippen LogP contribution in [0.4, 0.5) is 5.69 Å². The third-order valence-corrected chi connectivity index (χ3v) is 3.13. The zero-order chi connectivity index (χ0) is 18.8. The first-order valence-corrected chi connectivity index (χ1v) is 7.38. The molecule has 0 saturated heterocycles. The highest BCUT2D eigenvalue weighted by Gasteiger charge is 2.24. The van der Waals surface area contributed by atoms with Crippen molar-refractivity contribution in [3.05, 3.63) is 41.2 Å². The van der Waals surface area contributed by atoms with Gasteiger partial charge in [0.15, 0.2) is 11.4 Å². The average Bonchev–Trinajstić information content (AvgIpc) is 2.89. The van der Waals surface area contributed by atoms with E-state index in [4.69, 9.17) is 20.5 Å². The van der Waals surface area contributed by atoms with Crippen molar-refractivity contribution >= 4 is 17.6 Å². The number of nitrogen functional groups attached to an aromatic ring is 1. The lowest BCUT2D eigenvalue weighted by Crippen LogP contribution is -2.24. The van der Waals surface area contributed by atoms with Crippen molar-refractivity contribution in [3.8, 4) is 11.8 Å². The van der Waals surface area contributed by atoms with Crippen molar-refractivity contribution in [1.82, 2.24) is 9.78 Å². The van der Waals surface area contributed by atoms with E-state index >= 15 is 0 Å². The molecule has 0 saturated carbocycles. The molecule has 25 heavy (non-hydrogen) atoms. The molecule has 8 nitrogen and oxygen atoms in total. The molecule has 2 rings (SSSR count). The lowest BCUT2D eigenvalue weighted by Gasteiger charge is -2.19. The molecule has 0 atom stereocenters. The Labute approximate surface area is 144 Å². The fourth-order valence-corrected chi connectivity index (χ4v) is 2.09. The van der Waals surface area contributed by atoms with Crippen LogP contribution in [0.1, 0.15) is 47.3 Å². The van der Waals surface area contributed by atoms with E-state index in [1.165, 1.54) is 17.9 Å². The monoisotopic (exact) mass is 342 g/mol. The summed E-state index contributed by atoms with van der Waals surface area (Å²) < 4.78 is 11.2. The van der Waals surface area contributed by atoms with Gasteiger partial charge in [-0.3, -0.25) is 0 Å². The molecule has 130 valence electrons. The Morgan fingerprint density at radius 2 is 1.96 bits per heavy atom. The highest BCUT2D eigenvalue weighted by atomic mass is 16.6. The first-order valence-electron chi connectivity index (χ1n) is 7.38. The van der Waals surface area contributed by atoms with Crippen LogP contribution >= 0.6 is 0 Å². The number of esters is 2. The molecule has 1 aromatic heterocycles. The van der Waals surface area contributed by atoms with Crippen LogP contribution in [0.5, 0.6) is 0 Å². The van der Waals surface area contributed by atoms with Crippen LogP contribution in [-0.2, 0) is 9.47 Å². The Bertz CT molecular complexity index is 872. The summed E-state index contributed by atoms with van der Waals surface area (Å²) in [5.74, 6) is -1.26. The third kappa shape index (κ3) is 3.77. The van der Waals surface area contributed by atoms with Gasteiger partial charge in [-0.25, -0.2) is 14.3 Å². The van der Waals surface area contributed by atoms with E-state index in [1.807, 2.05) is 6.07 Å². The number of hydrogen-bond donors (Lipinski definition) is 1. The Kier molecular flexibility index (Phi) is 4.79. The summed E-state index contributed by atoms with van der Waals surface area (Å²) in [6, 6.07) is 8.12. The van der Waals surface area contributed by atoms with Crippen LogP contribution in [-0.4, -0.2) is 34.4 Å². The minimum atomic E-state index is -0.742. The number of hydrogen-bond acceptors (Lipinski definition) is 7. The molecular weight excluding hydrogens is 324 g/mol. The van der Waals surface area contributed by atoms with Crippen molar-refractivity contribution in [1.29, 1.82) is 5.26 Å². The maximum absolute atomic E-state index is 12.2. The normalized spacial score (nSPS) is 10.8. The van der Waals surface area contributed by atoms with Gasteiger partial charge in [0.2, 0.25) is 0 Å². The summed E-state index contributed by atoms with van der Waals surface area (Å²) in [4.78, 5) is 24.2. The Morgan fingerprint density at radius 3 is 2.52 bits per heavy atom. The molecule has 1 heterocycles. The van der Waals surface area contributed by atoms with E-state index in [-0.39, 0.29) is 22.6 Å². The predicted octanol–water partition coefficient (Wildman–Crippen LogP) is 2.07. The van der Waals surface area contributed by atoms with Crippen LogP contribution in [0.2, 0.25) is 0 Å². The van der Waals surface area contributed by atoms with E-state index in [9.17, 15) is 9.59 Å². The van der Waals surface area contributed by atoms with Crippen molar-refractivity contribution in [3.63, 3.8) is 0 Å². The van der Waals surface area contributed by atoms with Gasteiger partial charge in [0, 0.05) is 0 Å². The van der Waals surface area contributed by atoms with Crippen molar-refractivity contribution in [2.75, 3.05) is 12.8 Å². The molecule has 0 bridgehead atoms. The van der Waals surface area contributed by atoms with Gasteiger partial charge in [0.25, 0.3) is 0 Å². The summed E-state index contributed by atoms with van der Waals surface area (Å²) in [7, 11) is 1.20. The SMILES string of the molecule is COC(=O)c1c(N)c(C#N)nn1-c1cccc(C(=O)OC(C)(C)C)c1. The lowest BCUT2D eigenvalue weighted by atomic mass is 10.1. The number of ether oxygens (including phenoxy) is 2. The molecule has 0 aliphatic rings. The van der Waals surface area contributed by atoms with Gasteiger partial charge < -0.3 is 15.2 Å². The second-order valence-electron chi connectivity index (χ2n) is 6.18. The van der Waals surface area contributed by atoms with Gasteiger partial charge in [0.05, 0.1) is 18.4 Å². The van der Waals surface area contributed by atoms with E-state index in [0.717, 1.165) is 0 Å². The molecule has 0 aliphatic heterocycles. The number of rotatable bonds is 3. The van der Waals surface area contributed by atoms with Gasteiger partial charge >= 0.3 is 11.9 Å². The minimum absolute atomic E-state index is 0.0830. The van der Waals surface area contributed by atoms with Crippen molar-refractivity contribution in [2.45, 2.75) is 26.4 Å². The number of benzene rings is 1. The van der Waals surface area contributed by atoms with E-state index < -0.39 is 17.5 Å². The van der Waals surface area contributed by atoms with Crippen LogP contribution < -0.4 is 5.73 Å². The van der Waals surface area contributed by atoms with Crippen LogP contribution in [0, 0.1) is 11.3 Å². The second kappa shape index (κ2) is 6.65. The van der Waals surface area contributed by atoms with Gasteiger partial charge in [-0.15, -0.1) is 0 Å². The molecule has 8 heteroatoms. The highest BCUT2D eigenvalue weighted by Crippen LogP contribution is 2.23. The maximum atomic E-state index is 12.2. The number of carbonyl (C=O) groups is 2. The zero-order valence-corrected chi connectivity index (χ0v) is 14.4. The average molecular weight is 342 g/mol. The Balaban J connectivity index is 2.54. The van der Waals surface area contributed by atoms with Crippen molar-refractivity contribution < 1.29 is 19.1 Å². The maximum Gasteiger partial charge on any atom is 0.359 e. The first kappa shape index (κ1) is 18.0. The van der Waals surface area contributed by atoms with Crippen molar-refractivity contribution in [2.24, 2.45) is 0 Å². The highest BCUT2D eigenvalue weighted by molar-refractivity contribution is 5.95. The first-order chi connectivity index (χ1) is 11.7. The number of nitriles is 1. The van der Waals surface area contributed by atoms with Gasteiger partial charge in [-0.2, -0.15) is 10.4 Å². The summed E-state index contributed by atoms with van der Waals surface area (Å²) >= 11 is 0. The van der Waals surface area contributed by atoms with E-state index in [2.05, 4.69) is 5.10 Å². The molecule has 0 fully saturated rings. The fraction of sp³-hybridized carbons (Fsp3) is 0.294. The van der Waals surface area contributed by atoms with E-state index in [0.29, 0.717) is 5.69 Å². The molecule has 0 aliphatic carbocycles. The summed E-state index contributed by atoms with van der Waals surface area (Å²) in [6.45, 7) is 5.28. The minimum Gasteiger partial charge on any atom is -0.464 e. The number of methoxy groups -OCH3 is 1. The van der Waals surface area contributed by atoms with E-state index in [1.54, 1.807) is 39.0 Å². The molecule has 1 aromatic carbocycles. The quantitative estimate of drug-likeness (QED) is 0.848. The van der Waals surface area contributed by atoms with Crippen LogP contribution in [0.15, 0.2) is 24.3 Å². The van der Waals surface area contributed by atoms with Gasteiger partial charge in [0.1, 0.15) is 17.4 Å². The number of nitrogens with two attached hydrogens (primary N) is 1. The number of anilines is 1. The number of aromatic nitrogens is 2. The molecule has 2 N–H and O–H groups in total. The molecule has 2 aromatic rings. The largest absolute Gasteiger partial charge is 0.464 e. The Hall–Kier alpha value is -3.34. The van der Waals surface area contributed by atoms with Crippen LogP contribution in [0.3, 0.4) is 0 Å². The topological polar surface area (TPSA) is 120 Å².